The van der Waals surface area contributed by atoms with Gasteiger partial charge in [-0.3, -0.25) is 4.79 Å². The molecule has 0 saturated carbocycles. The van der Waals surface area contributed by atoms with E-state index in [2.05, 4.69) is 5.10 Å². The van der Waals surface area contributed by atoms with Gasteiger partial charge < -0.3 is 9.64 Å². The van der Waals surface area contributed by atoms with Crippen LogP contribution in [0.2, 0.25) is 0 Å². The first-order chi connectivity index (χ1) is 12.6. The zero-order valence-corrected chi connectivity index (χ0v) is 14.5. The van der Waals surface area contributed by atoms with E-state index >= 15 is 0 Å². The molecule has 0 aliphatic heterocycles. The number of hydrogen-bond donors (Lipinski definition) is 0. The van der Waals surface area contributed by atoms with E-state index in [9.17, 15) is 9.18 Å². The SMILES string of the molecule is CN(Cc1cnn(-c2ccccc2)c1)C(=O)CCOc1ccccc1F. The van der Waals surface area contributed by atoms with Crippen LogP contribution in [0, 0.1) is 5.82 Å². The Kier molecular flexibility index (Phi) is 5.63. The Morgan fingerprint density at radius 1 is 1.15 bits per heavy atom. The Labute approximate surface area is 151 Å². The summed E-state index contributed by atoms with van der Waals surface area (Å²) in [6.45, 7) is 0.582. The van der Waals surface area contributed by atoms with Gasteiger partial charge in [-0.15, -0.1) is 0 Å². The molecule has 0 fully saturated rings. The predicted octanol–water partition coefficient (Wildman–Crippen LogP) is 3.44. The average molecular weight is 353 g/mol. The monoisotopic (exact) mass is 353 g/mol. The molecule has 0 bridgehead atoms. The van der Waals surface area contributed by atoms with Gasteiger partial charge in [0.15, 0.2) is 11.6 Å². The van der Waals surface area contributed by atoms with Crippen LogP contribution < -0.4 is 4.74 Å². The topological polar surface area (TPSA) is 47.4 Å². The fourth-order valence-corrected chi connectivity index (χ4v) is 2.53. The van der Waals surface area contributed by atoms with Crippen molar-refractivity contribution in [3.63, 3.8) is 0 Å². The zero-order chi connectivity index (χ0) is 18.4. The van der Waals surface area contributed by atoms with E-state index in [-0.39, 0.29) is 24.7 Å². The molecule has 1 heterocycles. The second-order valence-corrected chi connectivity index (χ2v) is 5.91. The van der Waals surface area contributed by atoms with Crippen molar-refractivity contribution >= 4 is 5.91 Å². The number of benzene rings is 2. The minimum atomic E-state index is -0.429. The van der Waals surface area contributed by atoms with Crippen molar-refractivity contribution in [2.75, 3.05) is 13.7 Å². The number of halogens is 1. The molecule has 0 aliphatic carbocycles. The highest BCUT2D eigenvalue weighted by molar-refractivity contribution is 5.76. The van der Waals surface area contributed by atoms with Crippen molar-refractivity contribution in [2.45, 2.75) is 13.0 Å². The van der Waals surface area contributed by atoms with Gasteiger partial charge in [-0.05, 0) is 24.3 Å². The van der Waals surface area contributed by atoms with Crippen LogP contribution in [0.15, 0.2) is 67.0 Å². The molecular weight excluding hydrogens is 333 g/mol. The normalized spacial score (nSPS) is 10.5. The number of rotatable bonds is 7. The summed E-state index contributed by atoms with van der Waals surface area (Å²) < 4.78 is 20.6. The van der Waals surface area contributed by atoms with Crippen molar-refractivity contribution in [1.29, 1.82) is 0 Å². The molecule has 0 spiro atoms. The molecule has 3 aromatic rings. The third-order valence-electron chi connectivity index (χ3n) is 3.91. The van der Waals surface area contributed by atoms with E-state index in [1.165, 1.54) is 6.07 Å². The van der Waals surface area contributed by atoms with Crippen molar-refractivity contribution in [1.82, 2.24) is 14.7 Å². The molecular formula is C20H20FN3O2. The maximum atomic E-state index is 13.5. The third kappa shape index (κ3) is 4.47. The van der Waals surface area contributed by atoms with Gasteiger partial charge in [0.05, 0.1) is 24.9 Å². The van der Waals surface area contributed by atoms with Crippen LogP contribution in [-0.2, 0) is 11.3 Å². The van der Waals surface area contributed by atoms with Gasteiger partial charge in [0.2, 0.25) is 5.91 Å². The summed E-state index contributed by atoms with van der Waals surface area (Å²) in [5, 5.41) is 4.32. The summed E-state index contributed by atoms with van der Waals surface area (Å²) in [6.07, 6.45) is 3.82. The highest BCUT2D eigenvalue weighted by Gasteiger charge is 2.12. The number of para-hydroxylation sites is 2. The maximum absolute atomic E-state index is 13.5. The summed E-state index contributed by atoms with van der Waals surface area (Å²) in [4.78, 5) is 13.8. The number of hydrogen-bond acceptors (Lipinski definition) is 3. The standard InChI is InChI=1S/C20H20FN3O2/c1-23(20(25)11-12-26-19-10-6-5-9-18(19)21)14-16-13-22-24(15-16)17-7-3-2-4-8-17/h2-10,13,15H,11-12,14H2,1H3. The quantitative estimate of drug-likeness (QED) is 0.654. The Bertz CT molecular complexity index is 864. The van der Waals surface area contributed by atoms with Crippen LogP contribution >= 0.6 is 0 Å². The Hall–Kier alpha value is -3.15. The fourth-order valence-electron chi connectivity index (χ4n) is 2.53. The molecule has 26 heavy (non-hydrogen) atoms. The van der Waals surface area contributed by atoms with Crippen molar-refractivity contribution in [3.8, 4) is 11.4 Å². The highest BCUT2D eigenvalue weighted by atomic mass is 19.1. The van der Waals surface area contributed by atoms with E-state index in [1.807, 2.05) is 36.5 Å². The molecule has 5 nitrogen and oxygen atoms in total. The molecule has 2 aromatic carbocycles. The van der Waals surface area contributed by atoms with Gasteiger partial charge >= 0.3 is 0 Å². The van der Waals surface area contributed by atoms with E-state index in [0.717, 1.165) is 11.3 Å². The van der Waals surface area contributed by atoms with Gasteiger partial charge in [0, 0.05) is 25.4 Å². The lowest BCUT2D eigenvalue weighted by molar-refractivity contribution is -0.130. The molecule has 3 rings (SSSR count). The molecule has 0 N–H and O–H groups in total. The summed E-state index contributed by atoms with van der Waals surface area (Å²) >= 11 is 0. The minimum Gasteiger partial charge on any atom is -0.490 e. The molecule has 0 saturated heterocycles. The van der Waals surface area contributed by atoms with E-state index in [1.54, 1.807) is 41.0 Å². The molecule has 6 heteroatoms. The van der Waals surface area contributed by atoms with Crippen LogP contribution in [0.4, 0.5) is 4.39 Å². The zero-order valence-electron chi connectivity index (χ0n) is 14.5. The van der Waals surface area contributed by atoms with Crippen LogP contribution in [0.1, 0.15) is 12.0 Å². The molecule has 0 radical (unpaired) electrons. The molecule has 0 aliphatic rings. The van der Waals surface area contributed by atoms with E-state index < -0.39 is 5.82 Å². The third-order valence-corrected chi connectivity index (χ3v) is 3.91. The van der Waals surface area contributed by atoms with Crippen molar-refractivity contribution in [2.24, 2.45) is 0 Å². The first-order valence-electron chi connectivity index (χ1n) is 8.34. The van der Waals surface area contributed by atoms with E-state index in [0.29, 0.717) is 6.54 Å². The number of nitrogens with zero attached hydrogens (tertiary/aromatic N) is 3. The highest BCUT2D eigenvalue weighted by Crippen LogP contribution is 2.15. The maximum Gasteiger partial charge on any atom is 0.226 e. The lowest BCUT2D eigenvalue weighted by Gasteiger charge is -2.16. The molecule has 134 valence electrons. The van der Waals surface area contributed by atoms with Gasteiger partial charge in [-0.1, -0.05) is 30.3 Å². The second-order valence-electron chi connectivity index (χ2n) is 5.91. The van der Waals surface area contributed by atoms with Crippen LogP contribution in [0.3, 0.4) is 0 Å². The fraction of sp³-hybridized carbons (Fsp3) is 0.200. The smallest absolute Gasteiger partial charge is 0.226 e. The van der Waals surface area contributed by atoms with Crippen LogP contribution in [0.25, 0.3) is 5.69 Å². The Morgan fingerprint density at radius 3 is 2.65 bits per heavy atom. The van der Waals surface area contributed by atoms with E-state index in [4.69, 9.17) is 4.74 Å². The average Bonchev–Trinajstić information content (AvgIpc) is 3.12. The lowest BCUT2D eigenvalue weighted by atomic mass is 10.3. The van der Waals surface area contributed by atoms with Gasteiger partial charge in [0.1, 0.15) is 0 Å². The first-order valence-corrected chi connectivity index (χ1v) is 8.34. The summed E-state index contributed by atoms with van der Waals surface area (Å²) in [7, 11) is 1.73. The summed E-state index contributed by atoms with van der Waals surface area (Å²) in [5.41, 5.74) is 1.89. The van der Waals surface area contributed by atoms with Crippen LogP contribution in [0.5, 0.6) is 5.75 Å². The van der Waals surface area contributed by atoms with Crippen molar-refractivity contribution < 1.29 is 13.9 Å². The molecule has 0 atom stereocenters. The second kappa shape index (κ2) is 8.29. The van der Waals surface area contributed by atoms with Gasteiger partial charge in [0.25, 0.3) is 0 Å². The van der Waals surface area contributed by atoms with Crippen LogP contribution in [-0.4, -0.2) is 34.2 Å². The number of aromatic nitrogens is 2. The summed E-state index contributed by atoms with van der Waals surface area (Å²) in [6, 6.07) is 15.9. The predicted molar refractivity (Wildman–Crippen MR) is 96.6 cm³/mol. The lowest BCUT2D eigenvalue weighted by Crippen LogP contribution is -2.27. The molecule has 1 aromatic heterocycles. The largest absolute Gasteiger partial charge is 0.490 e. The van der Waals surface area contributed by atoms with Gasteiger partial charge in [-0.25, -0.2) is 9.07 Å². The Morgan fingerprint density at radius 2 is 1.88 bits per heavy atom. The Balaban J connectivity index is 1.50. The molecule has 0 unspecified atom stereocenters. The number of carbonyl (C=O) groups excluding carboxylic acids is 1. The van der Waals surface area contributed by atoms with Crippen molar-refractivity contribution in [3.05, 3.63) is 78.4 Å². The number of amides is 1. The first kappa shape index (κ1) is 17.7. The molecule has 1 amide bonds. The van der Waals surface area contributed by atoms with Gasteiger partial charge in [-0.2, -0.15) is 5.10 Å². The minimum absolute atomic E-state index is 0.0752. The summed E-state index contributed by atoms with van der Waals surface area (Å²) in [5.74, 6) is -0.345. The number of carbonyl (C=O) groups is 1. The number of ether oxygens (including phenoxy) is 1.